The Balaban J connectivity index is 1.26. The first-order valence-electron chi connectivity index (χ1n) is 26.3. The second-order valence-corrected chi connectivity index (χ2v) is 20.3. The minimum atomic E-state index is -5.33. The summed E-state index contributed by atoms with van der Waals surface area (Å²) in [5, 5.41) is 94.1. The van der Waals surface area contributed by atoms with Gasteiger partial charge in [0.2, 0.25) is 0 Å². The maximum atomic E-state index is 15.2. The van der Waals surface area contributed by atoms with E-state index in [1.165, 1.54) is 60.7 Å². The normalized spacial score (nSPS) is 11.2. The van der Waals surface area contributed by atoms with Crippen molar-refractivity contribution in [3.8, 4) is 122 Å². The zero-order valence-corrected chi connectivity index (χ0v) is 44.9. The molecule has 0 aliphatic rings. The minimum absolute atomic E-state index is 0.00872. The van der Waals surface area contributed by atoms with Crippen molar-refractivity contribution < 1.29 is 26.3 Å². The predicted molar refractivity (Wildman–Crippen MR) is 315 cm³/mol. The van der Waals surface area contributed by atoms with Crippen LogP contribution in [0.5, 0.6) is 0 Å². The Hall–Kier alpha value is -13.2. The van der Waals surface area contributed by atoms with Gasteiger partial charge in [-0.3, -0.25) is 0 Å². The number of aromatic nitrogens is 2. The number of nitriles is 9. The lowest BCUT2D eigenvalue weighted by atomic mass is 9.95. The lowest BCUT2D eigenvalue weighted by Gasteiger charge is -2.21. The van der Waals surface area contributed by atoms with E-state index in [9.17, 15) is 47.4 Å². The van der Waals surface area contributed by atoms with Crippen LogP contribution in [-0.2, 0) is 12.4 Å². The van der Waals surface area contributed by atoms with Crippen LogP contribution < -0.4 is 0 Å². The number of fused-ring (bicyclic) bond motifs is 6. The van der Waals surface area contributed by atoms with Crippen LogP contribution in [0.4, 0.5) is 26.3 Å². The van der Waals surface area contributed by atoms with Gasteiger partial charge in [0.05, 0.1) is 143 Å². The molecule has 0 atom stereocenters. The van der Waals surface area contributed by atoms with Gasteiger partial charge in [-0.05, 0) is 153 Å². The summed E-state index contributed by atoms with van der Waals surface area (Å²) < 4.78 is 94.5. The fourth-order valence-corrected chi connectivity index (χ4v) is 11.4. The summed E-state index contributed by atoms with van der Waals surface area (Å²) in [6.45, 7) is 0. The van der Waals surface area contributed by atoms with E-state index in [1.54, 1.807) is 106 Å². The monoisotopic (exact) mass is 1150 g/mol. The van der Waals surface area contributed by atoms with Crippen LogP contribution in [0.25, 0.3) is 111 Å². The molecule has 10 aromatic carbocycles. The molecular weight excluding hydrogens is 1120 g/mol. The number of rotatable bonds is 7. The third-order valence-corrected chi connectivity index (χ3v) is 15.5. The third kappa shape index (κ3) is 9.30. The second-order valence-electron chi connectivity index (χ2n) is 20.3. The molecule has 17 heteroatoms. The average molecular weight is 1150 g/mol. The molecule has 0 spiro atoms. The summed E-state index contributed by atoms with van der Waals surface area (Å²) in [5.74, 6) is 0. The zero-order valence-electron chi connectivity index (χ0n) is 44.9. The van der Waals surface area contributed by atoms with E-state index in [2.05, 4.69) is 30.3 Å². The molecule has 88 heavy (non-hydrogen) atoms. The van der Waals surface area contributed by atoms with Crippen LogP contribution in [0.3, 0.4) is 0 Å². The van der Waals surface area contributed by atoms with Crippen molar-refractivity contribution in [2.75, 3.05) is 0 Å². The lowest BCUT2D eigenvalue weighted by Crippen LogP contribution is -2.11. The van der Waals surface area contributed by atoms with Crippen LogP contribution in [0.1, 0.15) is 61.2 Å². The highest BCUT2D eigenvalue weighted by atomic mass is 19.4. The van der Waals surface area contributed by atoms with Crippen LogP contribution >= 0.6 is 0 Å². The van der Waals surface area contributed by atoms with E-state index in [-0.39, 0.29) is 84.1 Å². The van der Waals surface area contributed by atoms with Gasteiger partial charge < -0.3 is 9.13 Å². The molecule has 0 fully saturated rings. The van der Waals surface area contributed by atoms with E-state index < -0.39 is 29.0 Å². The van der Waals surface area contributed by atoms with Crippen molar-refractivity contribution in [2.24, 2.45) is 0 Å². The number of hydrogen-bond acceptors (Lipinski definition) is 9. The first-order chi connectivity index (χ1) is 42.4. The van der Waals surface area contributed by atoms with Gasteiger partial charge in [-0.15, -0.1) is 0 Å². The standard InChI is InChI=1S/C71H29F6N11/c72-70(73,74)53-21-47(22-54(28-53)71(75,76)77)63-29-64(87-65-23-43(55-9-1-39(30-78)17-48(55)34-82)5-13-59(65)60-14-6-44(24-66(60)87)56-10-2-40(31-79)18-49(56)35-83)52(38-86)27-69(63)88-67-25-45(57-11-3-41(32-80)19-50(57)36-84)7-15-61(67)62-16-8-46(26-68(62)88)58-12-4-42(33-81)20-51(58)37-85/h1-29H. The molecule has 410 valence electrons. The summed E-state index contributed by atoms with van der Waals surface area (Å²) in [6.07, 6.45) is -10.7. The molecule has 0 aliphatic carbocycles. The van der Waals surface area contributed by atoms with E-state index >= 15 is 26.3 Å². The zero-order chi connectivity index (χ0) is 61.9. The molecule has 0 bridgehead atoms. The lowest BCUT2D eigenvalue weighted by molar-refractivity contribution is -0.143. The van der Waals surface area contributed by atoms with Crippen LogP contribution in [0.2, 0.25) is 0 Å². The highest BCUT2D eigenvalue weighted by Crippen LogP contribution is 2.47. The van der Waals surface area contributed by atoms with E-state index in [0.717, 1.165) is 0 Å². The largest absolute Gasteiger partial charge is 0.416 e. The minimum Gasteiger partial charge on any atom is -0.309 e. The van der Waals surface area contributed by atoms with Gasteiger partial charge in [0.15, 0.2) is 0 Å². The van der Waals surface area contributed by atoms with Crippen molar-refractivity contribution in [1.82, 2.24) is 9.13 Å². The van der Waals surface area contributed by atoms with Crippen molar-refractivity contribution in [3.05, 3.63) is 237 Å². The van der Waals surface area contributed by atoms with Gasteiger partial charge in [0, 0.05) is 27.1 Å². The van der Waals surface area contributed by atoms with Crippen LogP contribution in [0, 0.1) is 102 Å². The predicted octanol–water partition coefficient (Wildman–Crippen LogP) is 17.1. The molecule has 0 saturated heterocycles. The third-order valence-electron chi connectivity index (χ3n) is 15.5. The smallest absolute Gasteiger partial charge is 0.309 e. The molecule has 2 heterocycles. The van der Waals surface area contributed by atoms with Gasteiger partial charge in [0.1, 0.15) is 6.07 Å². The molecule has 11 nitrogen and oxygen atoms in total. The Morgan fingerprint density at radius 2 is 0.545 bits per heavy atom. The Kier molecular flexibility index (Phi) is 13.3. The fraction of sp³-hybridized carbons (Fsp3) is 0.0282. The van der Waals surface area contributed by atoms with Gasteiger partial charge in [-0.2, -0.15) is 73.7 Å². The fourth-order valence-electron chi connectivity index (χ4n) is 11.4. The Labute approximate surface area is 495 Å². The van der Waals surface area contributed by atoms with Gasteiger partial charge in [0.25, 0.3) is 0 Å². The summed E-state index contributed by atoms with van der Waals surface area (Å²) in [6, 6.07) is 61.4. The van der Waals surface area contributed by atoms with Crippen molar-refractivity contribution in [1.29, 1.82) is 47.4 Å². The Morgan fingerprint density at radius 3 is 0.818 bits per heavy atom. The van der Waals surface area contributed by atoms with Gasteiger partial charge in [-0.1, -0.05) is 72.8 Å². The van der Waals surface area contributed by atoms with Crippen molar-refractivity contribution in [2.45, 2.75) is 12.4 Å². The molecule has 2 aromatic heterocycles. The molecule has 0 radical (unpaired) electrons. The maximum Gasteiger partial charge on any atom is 0.416 e. The first kappa shape index (κ1) is 55.3. The topological polar surface area (TPSA) is 224 Å². The summed E-state index contributed by atoms with van der Waals surface area (Å²) in [5.41, 5.74) is 1.32. The quantitative estimate of drug-likeness (QED) is 0.138. The molecule has 0 aliphatic heterocycles. The molecular formula is C71H29F6N11. The van der Waals surface area contributed by atoms with E-state index in [1.807, 2.05) is 24.3 Å². The molecule has 12 rings (SSSR count). The molecule has 0 N–H and O–H groups in total. The van der Waals surface area contributed by atoms with Crippen LogP contribution in [0.15, 0.2) is 176 Å². The van der Waals surface area contributed by atoms with E-state index in [4.69, 9.17) is 0 Å². The number of benzene rings is 10. The number of hydrogen-bond donors (Lipinski definition) is 0. The summed E-state index contributed by atoms with van der Waals surface area (Å²) >= 11 is 0. The van der Waals surface area contributed by atoms with Gasteiger partial charge in [-0.25, -0.2) is 0 Å². The van der Waals surface area contributed by atoms with E-state index in [0.29, 0.717) is 89.2 Å². The Bertz CT molecular complexity index is 5200. The summed E-state index contributed by atoms with van der Waals surface area (Å²) in [7, 11) is 0. The number of alkyl halides is 6. The first-order valence-corrected chi connectivity index (χ1v) is 26.3. The van der Waals surface area contributed by atoms with Crippen molar-refractivity contribution in [3.63, 3.8) is 0 Å². The second kappa shape index (κ2) is 21.2. The van der Waals surface area contributed by atoms with Crippen LogP contribution in [-0.4, -0.2) is 9.13 Å². The average Bonchev–Trinajstić information content (AvgIpc) is 1.64. The highest BCUT2D eigenvalue weighted by molar-refractivity contribution is 6.14. The van der Waals surface area contributed by atoms with Gasteiger partial charge >= 0.3 is 12.4 Å². The maximum absolute atomic E-state index is 15.2. The number of halogens is 6. The SMILES string of the molecule is N#Cc1ccc(-c2ccc3c4ccc(-c5ccc(C#N)cc5C#N)cc4n(-c4cc(-c5cc(C(F)(F)F)cc(C(F)(F)F)c5)c(-n5c6cc(-c7ccc(C#N)cc7C#N)ccc6c6ccc(-c7ccc(C#N)cc7C#N)cc65)cc4C#N)c3c2)c(C#N)c1. The highest BCUT2D eigenvalue weighted by Gasteiger charge is 2.38. The molecule has 0 saturated carbocycles. The number of nitrogens with zero attached hydrogens (tertiary/aromatic N) is 11. The molecule has 0 unspecified atom stereocenters. The van der Waals surface area contributed by atoms with Crippen molar-refractivity contribution >= 4 is 43.6 Å². The summed E-state index contributed by atoms with van der Waals surface area (Å²) in [4.78, 5) is 0. The molecule has 0 amide bonds. The Morgan fingerprint density at radius 1 is 0.250 bits per heavy atom. The molecule has 12 aromatic rings.